The van der Waals surface area contributed by atoms with E-state index in [9.17, 15) is 13.6 Å². The number of ether oxygens (including phenoxy) is 1. The molecule has 0 aliphatic carbocycles. The van der Waals surface area contributed by atoms with Crippen molar-refractivity contribution >= 4 is 11.6 Å². The fraction of sp³-hybridized carbons (Fsp3) is 0.133. The van der Waals surface area contributed by atoms with Gasteiger partial charge in [0.15, 0.2) is 6.10 Å². The third kappa shape index (κ3) is 2.34. The summed E-state index contributed by atoms with van der Waals surface area (Å²) in [5.41, 5.74) is 0.878. The molecule has 1 aliphatic heterocycles. The maximum absolute atomic E-state index is 13.5. The minimum Gasteiger partial charge on any atom is -0.480 e. The van der Waals surface area contributed by atoms with Crippen LogP contribution in [0.3, 0.4) is 0 Å². The van der Waals surface area contributed by atoms with Crippen molar-refractivity contribution in [2.75, 3.05) is 5.32 Å². The van der Waals surface area contributed by atoms with Gasteiger partial charge >= 0.3 is 0 Å². The lowest BCUT2D eigenvalue weighted by Gasteiger charge is -2.11. The number of benzene rings is 2. The summed E-state index contributed by atoms with van der Waals surface area (Å²) in [6.07, 6.45) is -0.262. The van der Waals surface area contributed by atoms with Crippen molar-refractivity contribution in [3.8, 4) is 5.75 Å². The summed E-state index contributed by atoms with van der Waals surface area (Å²) in [6.45, 7) is 0. The lowest BCUT2D eigenvalue weighted by atomic mass is 10.1. The summed E-state index contributed by atoms with van der Waals surface area (Å²) < 4.78 is 31.7. The molecule has 0 aromatic heterocycles. The highest BCUT2D eigenvalue weighted by Gasteiger charge is 2.29. The van der Waals surface area contributed by atoms with E-state index in [1.54, 1.807) is 6.07 Å². The van der Waals surface area contributed by atoms with E-state index in [0.717, 1.165) is 17.7 Å². The third-order valence-corrected chi connectivity index (χ3v) is 3.13. The van der Waals surface area contributed by atoms with Gasteiger partial charge in [0, 0.05) is 12.5 Å². The first-order chi connectivity index (χ1) is 9.63. The molecule has 0 fully saturated rings. The van der Waals surface area contributed by atoms with Crippen LogP contribution in [0.15, 0.2) is 42.5 Å². The summed E-state index contributed by atoms with van der Waals surface area (Å²) in [5.74, 6) is -1.29. The maximum Gasteiger partial charge on any atom is 0.265 e. The molecular weight excluding hydrogens is 264 g/mol. The minimum atomic E-state index is -0.811. The van der Waals surface area contributed by atoms with Crippen molar-refractivity contribution in [2.24, 2.45) is 0 Å². The van der Waals surface area contributed by atoms with E-state index in [0.29, 0.717) is 12.2 Å². The number of hydrogen-bond donors (Lipinski definition) is 1. The molecule has 3 rings (SSSR count). The molecule has 0 spiro atoms. The van der Waals surface area contributed by atoms with Crippen LogP contribution < -0.4 is 10.1 Å². The molecule has 1 atom stereocenters. The zero-order valence-corrected chi connectivity index (χ0v) is 10.4. The Bertz CT molecular complexity index is 648. The summed E-state index contributed by atoms with van der Waals surface area (Å²) in [5, 5.41) is 2.41. The topological polar surface area (TPSA) is 38.3 Å². The smallest absolute Gasteiger partial charge is 0.265 e. The molecule has 3 nitrogen and oxygen atoms in total. The normalized spacial score (nSPS) is 16.4. The van der Waals surface area contributed by atoms with Gasteiger partial charge in [-0.3, -0.25) is 4.79 Å². The van der Waals surface area contributed by atoms with Gasteiger partial charge in [-0.25, -0.2) is 8.78 Å². The van der Waals surface area contributed by atoms with Gasteiger partial charge in [0.05, 0.1) is 5.69 Å². The summed E-state index contributed by atoms with van der Waals surface area (Å²) >= 11 is 0. The van der Waals surface area contributed by atoms with Crippen LogP contribution in [-0.4, -0.2) is 12.0 Å². The van der Waals surface area contributed by atoms with Crippen LogP contribution >= 0.6 is 0 Å². The predicted molar refractivity (Wildman–Crippen MR) is 69.5 cm³/mol. The number of carbonyl (C=O) groups is 1. The van der Waals surface area contributed by atoms with E-state index in [1.807, 2.05) is 18.2 Å². The highest BCUT2D eigenvalue weighted by atomic mass is 19.1. The fourth-order valence-electron chi connectivity index (χ4n) is 2.13. The van der Waals surface area contributed by atoms with Crippen LogP contribution in [0.25, 0.3) is 0 Å². The monoisotopic (exact) mass is 275 g/mol. The molecule has 1 aliphatic rings. The van der Waals surface area contributed by atoms with Gasteiger partial charge in [-0.1, -0.05) is 18.2 Å². The molecule has 102 valence electrons. The van der Waals surface area contributed by atoms with Crippen LogP contribution in [0.2, 0.25) is 0 Å². The number of hydrogen-bond acceptors (Lipinski definition) is 2. The first-order valence-corrected chi connectivity index (χ1v) is 6.14. The average molecular weight is 275 g/mol. The molecule has 20 heavy (non-hydrogen) atoms. The molecule has 0 saturated heterocycles. The van der Waals surface area contributed by atoms with E-state index in [2.05, 4.69) is 5.32 Å². The molecule has 0 bridgehead atoms. The Balaban J connectivity index is 1.72. The first kappa shape index (κ1) is 12.6. The minimum absolute atomic E-state index is 0.0593. The van der Waals surface area contributed by atoms with Gasteiger partial charge in [0.1, 0.15) is 17.4 Å². The number of fused-ring (bicyclic) bond motifs is 1. The average Bonchev–Trinajstić information content (AvgIpc) is 2.86. The zero-order valence-electron chi connectivity index (χ0n) is 10.4. The SMILES string of the molecule is O=C(Nc1ccc(F)cc1F)C1Cc2ccccc2O1. The van der Waals surface area contributed by atoms with Crippen molar-refractivity contribution in [3.63, 3.8) is 0 Å². The van der Waals surface area contributed by atoms with Gasteiger partial charge in [-0.05, 0) is 23.8 Å². The molecule has 5 heteroatoms. The predicted octanol–water partition coefficient (Wildman–Crippen LogP) is 2.91. The van der Waals surface area contributed by atoms with Gasteiger partial charge < -0.3 is 10.1 Å². The van der Waals surface area contributed by atoms with E-state index in [-0.39, 0.29) is 5.69 Å². The van der Waals surface area contributed by atoms with Crippen molar-refractivity contribution in [3.05, 3.63) is 59.7 Å². The maximum atomic E-state index is 13.5. The van der Waals surface area contributed by atoms with Crippen molar-refractivity contribution < 1.29 is 18.3 Å². The molecule has 0 saturated carbocycles. The molecule has 1 heterocycles. The van der Waals surface area contributed by atoms with Crippen LogP contribution in [0.4, 0.5) is 14.5 Å². The standard InChI is InChI=1S/C15H11F2NO2/c16-10-5-6-12(11(17)8-10)18-15(19)14-7-9-3-1-2-4-13(9)20-14/h1-6,8,14H,7H2,(H,18,19). The van der Waals surface area contributed by atoms with E-state index in [4.69, 9.17) is 4.74 Å². The number of anilines is 1. The number of para-hydroxylation sites is 1. The number of carbonyl (C=O) groups excluding carboxylic acids is 1. The summed E-state index contributed by atoms with van der Waals surface area (Å²) in [4.78, 5) is 12.0. The lowest BCUT2D eigenvalue weighted by Crippen LogP contribution is -2.31. The molecule has 1 unspecified atom stereocenters. The van der Waals surface area contributed by atoms with Gasteiger partial charge in [0.2, 0.25) is 0 Å². The molecular formula is C15H11F2NO2. The summed E-state index contributed by atoms with van der Waals surface area (Å²) in [7, 11) is 0. The molecule has 2 aromatic rings. The Labute approximate surface area is 114 Å². The van der Waals surface area contributed by atoms with E-state index < -0.39 is 23.6 Å². The second kappa shape index (κ2) is 4.92. The number of rotatable bonds is 2. The second-order valence-corrected chi connectivity index (χ2v) is 4.53. The fourth-order valence-corrected chi connectivity index (χ4v) is 2.13. The van der Waals surface area contributed by atoms with E-state index in [1.165, 1.54) is 6.07 Å². The van der Waals surface area contributed by atoms with Crippen molar-refractivity contribution in [1.82, 2.24) is 0 Å². The largest absolute Gasteiger partial charge is 0.480 e. The zero-order chi connectivity index (χ0) is 14.1. The van der Waals surface area contributed by atoms with Crippen LogP contribution in [0.1, 0.15) is 5.56 Å². The highest BCUT2D eigenvalue weighted by molar-refractivity contribution is 5.95. The number of halogens is 2. The van der Waals surface area contributed by atoms with Crippen LogP contribution in [0, 0.1) is 11.6 Å². The molecule has 2 aromatic carbocycles. The molecule has 1 amide bonds. The lowest BCUT2D eigenvalue weighted by molar-refractivity contribution is -0.122. The van der Waals surface area contributed by atoms with Gasteiger partial charge in [-0.2, -0.15) is 0 Å². The van der Waals surface area contributed by atoms with Crippen LogP contribution in [-0.2, 0) is 11.2 Å². The van der Waals surface area contributed by atoms with Crippen LogP contribution in [0.5, 0.6) is 5.75 Å². The first-order valence-electron chi connectivity index (χ1n) is 6.14. The second-order valence-electron chi connectivity index (χ2n) is 4.53. The molecule has 0 radical (unpaired) electrons. The highest BCUT2D eigenvalue weighted by Crippen LogP contribution is 2.28. The van der Waals surface area contributed by atoms with E-state index >= 15 is 0 Å². The van der Waals surface area contributed by atoms with Gasteiger partial charge in [-0.15, -0.1) is 0 Å². The number of nitrogens with one attached hydrogen (secondary N) is 1. The van der Waals surface area contributed by atoms with Crippen molar-refractivity contribution in [2.45, 2.75) is 12.5 Å². The quantitative estimate of drug-likeness (QED) is 0.915. The Morgan fingerprint density at radius 3 is 2.75 bits per heavy atom. The number of amides is 1. The summed E-state index contributed by atoms with van der Waals surface area (Å²) in [6, 6.07) is 10.3. The Hall–Kier alpha value is -2.43. The Morgan fingerprint density at radius 2 is 2.00 bits per heavy atom. The molecule has 1 N–H and O–H groups in total. The van der Waals surface area contributed by atoms with Gasteiger partial charge in [0.25, 0.3) is 5.91 Å². The Morgan fingerprint density at radius 1 is 1.20 bits per heavy atom. The van der Waals surface area contributed by atoms with Crippen molar-refractivity contribution in [1.29, 1.82) is 0 Å². The third-order valence-electron chi connectivity index (χ3n) is 3.13. The Kier molecular flexibility index (Phi) is 3.10.